The molecule has 7 heterocycles. The molecule has 0 bridgehead atoms. The van der Waals surface area contributed by atoms with Crippen molar-refractivity contribution in [3.63, 3.8) is 0 Å². The molecule has 0 aromatic carbocycles. The lowest BCUT2D eigenvalue weighted by atomic mass is 9.73. The average molecular weight is 637 g/mol. The minimum absolute atomic E-state index is 0.106. The molecule has 1 unspecified atom stereocenters. The summed E-state index contributed by atoms with van der Waals surface area (Å²) in [5.74, 6) is 1.26. The van der Waals surface area contributed by atoms with E-state index in [0.29, 0.717) is 36.7 Å². The standard InChI is InChI=1S/C33H45FN8O4/c1-20-9-12-41(23-16-22(34)17-35-26(20)23)30-27-29(42(39-30)25-8-6-7-15-44-25)37-24(18-36-27)40-13-10-33(11-14-40)19-45-21(2)28(33)38-31(43)46-32(3,4)5/h16-18,20-21,25,28H,6-15,19H2,1-5H3,(H,38,43)/t20-,21+,25?,28-/m1/s1. The second kappa shape index (κ2) is 11.9. The number of hydrogen-bond donors (Lipinski definition) is 1. The first-order valence-electron chi connectivity index (χ1n) is 16.7. The molecule has 12 nitrogen and oxygen atoms in total. The number of rotatable bonds is 4. The normalized spacial score (nSPS) is 26.4. The first-order valence-corrected chi connectivity index (χ1v) is 16.7. The van der Waals surface area contributed by atoms with Crippen LogP contribution in [0.1, 0.15) is 91.0 Å². The summed E-state index contributed by atoms with van der Waals surface area (Å²) >= 11 is 0. The van der Waals surface area contributed by atoms with E-state index >= 15 is 0 Å². The van der Waals surface area contributed by atoms with Crippen molar-refractivity contribution in [2.45, 2.75) is 103 Å². The summed E-state index contributed by atoms with van der Waals surface area (Å²) in [5, 5.41) is 8.19. The van der Waals surface area contributed by atoms with Crippen molar-refractivity contribution >= 4 is 34.6 Å². The highest BCUT2D eigenvalue weighted by Crippen LogP contribution is 2.44. The molecule has 3 aromatic heterocycles. The Labute approximate surface area is 269 Å². The van der Waals surface area contributed by atoms with Crippen LogP contribution in [0.15, 0.2) is 18.5 Å². The molecule has 7 rings (SSSR count). The maximum Gasteiger partial charge on any atom is 0.407 e. The molecule has 13 heteroatoms. The summed E-state index contributed by atoms with van der Waals surface area (Å²) in [6.07, 6.45) is 7.76. The largest absolute Gasteiger partial charge is 0.444 e. The Morgan fingerprint density at radius 3 is 2.63 bits per heavy atom. The summed E-state index contributed by atoms with van der Waals surface area (Å²) in [5.41, 5.74) is 2.16. The quantitative estimate of drug-likeness (QED) is 0.387. The molecule has 1 spiro atoms. The van der Waals surface area contributed by atoms with E-state index in [0.717, 1.165) is 68.8 Å². The number of hydrogen-bond acceptors (Lipinski definition) is 10. The predicted octanol–water partition coefficient (Wildman–Crippen LogP) is 5.60. The van der Waals surface area contributed by atoms with Gasteiger partial charge in [0.05, 0.1) is 42.5 Å². The van der Waals surface area contributed by atoms with Crippen LogP contribution in [-0.2, 0) is 14.2 Å². The third kappa shape index (κ3) is 5.76. The number of aromatic nitrogens is 5. The molecule has 3 saturated heterocycles. The van der Waals surface area contributed by atoms with Crippen LogP contribution in [0.5, 0.6) is 0 Å². The number of amides is 1. The molecular formula is C33H45FN8O4. The van der Waals surface area contributed by atoms with Gasteiger partial charge in [-0.3, -0.25) is 4.98 Å². The lowest BCUT2D eigenvalue weighted by molar-refractivity contribution is -0.0368. The van der Waals surface area contributed by atoms with Crippen LogP contribution in [0, 0.1) is 11.2 Å². The van der Waals surface area contributed by atoms with Gasteiger partial charge >= 0.3 is 6.09 Å². The zero-order valence-corrected chi connectivity index (χ0v) is 27.5. The van der Waals surface area contributed by atoms with Crippen molar-refractivity contribution in [2.24, 2.45) is 5.41 Å². The van der Waals surface area contributed by atoms with Gasteiger partial charge in [0, 0.05) is 43.6 Å². The number of piperidine rings is 1. The van der Waals surface area contributed by atoms with Gasteiger partial charge in [-0.05, 0) is 66.2 Å². The van der Waals surface area contributed by atoms with Crippen molar-refractivity contribution in [3.8, 4) is 0 Å². The van der Waals surface area contributed by atoms with Gasteiger partial charge in [-0.15, -0.1) is 5.10 Å². The summed E-state index contributed by atoms with van der Waals surface area (Å²) in [7, 11) is 0. The van der Waals surface area contributed by atoms with Crippen molar-refractivity contribution in [1.29, 1.82) is 0 Å². The van der Waals surface area contributed by atoms with E-state index in [9.17, 15) is 9.18 Å². The van der Waals surface area contributed by atoms with Crippen LogP contribution >= 0.6 is 0 Å². The number of carbonyl (C=O) groups excluding carboxylic acids is 1. The fourth-order valence-electron chi connectivity index (χ4n) is 7.49. The van der Waals surface area contributed by atoms with E-state index in [4.69, 9.17) is 29.3 Å². The maximum atomic E-state index is 14.5. The SMILES string of the molecule is C[C@@H]1CCN(c2nn(C3CCCCO3)c3nc(N4CCC5(CC4)CO[C@@H](C)[C@H]5NC(=O)OC(C)(C)C)cnc23)c2cc(F)cnc21. The molecule has 4 aliphatic rings. The number of fused-ring (bicyclic) bond motifs is 2. The molecule has 1 amide bonds. The van der Waals surface area contributed by atoms with E-state index < -0.39 is 11.7 Å². The minimum atomic E-state index is -0.571. The number of nitrogens with one attached hydrogen (secondary N) is 1. The van der Waals surface area contributed by atoms with Crippen LogP contribution in [0.3, 0.4) is 0 Å². The van der Waals surface area contributed by atoms with Crippen molar-refractivity contribution < 1.29 is 23.4 Å². The Morgan fingerprint density at radius 1 is 1.09 bits per heavy atom. The highest BCUT2D eigenvalue weighted by Gasteiger charge is 2.50. The Kier molecular flexibility index (Phi) is 8.03. The fraction of sp³-hybridized carbons (Fsp3) is 0.667. The van der Waals surface area contributed by atoms with Crippen molar-refractivity contribution in [3.05, 3.63) is 30.0 Å². The number of ether oxygens (including phenoxy) is 3. The number of alkyl carbamates (subject to hydrolysis) is 1. The van der Waals surface area contributed by atoms with Crippen LogP contribution in [0.4, 0.5) is 26.5 Å². The Morgan fingerprint density at radius 2 is 1.89 bits per heavy atom. The van der Waals surface area contributed by atoms with Gasteiger partial charge in [-0.25, -0.2) is 23.8 Å². The number of pyridine rings is 1. The van der Waals surface area contributed by atoms with Gasteiger partial charge in [-0.1, -0.05) is 6.92 Å². The van der Waals surface area contributed by atoms with E-state index in [1.807, 2.05) is 43.5 Å². The van der Waals surface area contributed by atoms with Gasteiger partial charge in [0.15, 0.2) is 23.2 Å². The van der Waals surface area contributed by atoms with Crippen molar-refractivity contribution in [2.75, 3.05) is 42.6 Å². The lowest BCUT2D eigenvalue weighted by Crippen LogP contribution is -2.55. The molecule has 4 aliphatic heterocycles. The molecule has 46 heavy (non-hydrogen) atoms. The van der Waals surface area contributed by atoms with Gasteiger partial charge in [-0.2, -0.15) is 0 Å². The number of nitrogens with zero attached hydrogens (tertiary/aromatic N) is 7. The highest BCUT2D eigenvalue weighted by atomic mass is 19.1. The Bertz CT molecular complexity index is 1590. The second-order valence-corrected chi connectivity index (χ2v) is 14.4. The average Bonchev–Trinajstić information content (AvgIpc) is 3.54. The van der Waals surface area contributed by atoms with E-state index in [1.165, 1.54) is 6.20 Å². The third-order valence-electron chi connectivity index (χ3n) is 9.98. The Balaban J connectivity index is 1.17. The number of anilines is 3. The molecule has 0 radical (unpaired) electrons. The van der Waals surface area contributed by atoms with Crippen LogP contribution in [0.2, 0.25) is 0 Å². The number of carbonyl (C=O) groups is 1. The molecule has 3 fully saturated rings. The first-order chi connectivity index (χ1) is 22.0. The molecule has 0 aliphatic carbocycles. The topological polar surface area (TPSA) is 120 Å². The van der Waals surface area contributed by atoms with Gasteiger partial charge in [0.2, 0.25) is 0 Å². The zero-order valence-electron chi connectivity index (χ0n) is 27.5. The van der Waals surface area contributed by atoms with Crippen LogP contribution < -0.4 is 15.1 Å². The maximum absolute atomic E-state index is 14.5. The fourth-order valence-corrected chi connectivity index (χ4v) is 7.49. The summed E-state index contributed by atoms with van der Waals surface area (Å²) < 4.78 is 34.2. The smallest absolute Gasteiger partial charge is 0.407 e. The lowest BCUT2D eigenvalue weighted by Gasteiger charge is -2.42. The zero-order chi connectivity index (χ0) is 32.2. The van der Waals surface area contributed by atoms with Crippen LogP contribution in [-0.4, -0.2) is 81.4 Å². The third-order valence-corrected chi connectivity index (χ3v) is 9.98. The van der Waals surface area contributed by atoms with Crippen LogP contribution in [0.25, 0.3) is 11.2 Å². The minimum Gasteiger partial charge on any atom is -0.444 e. The number of halogens is 1. The highest BCUT2D eigenvalue weighted by molar-refractivity contribution is 5.88. The molecule has 4 atom stereocenters. The molecule has 0 saturated carbocycles. The first kappa shape index (κ1) is 31.0. The van der Waals surface area contributed by atoms with Crippen molar-refractivity contribution in [1.82, 2.24) is 30.0 Å². The second-order valence-electron chi connectivity index (χ2n) is 14.4. The summed E-state index contributed by atoms with van der Waals surface area (Å²) in [6.45, 7) is 13.2. The van der Waals surface area contributed by atoms with Gasteiger partial charge < -0.3 is 29.3 Å². The molecular weight excluding hydrogens is 591 g/mol. The van der Waals surface area contributed by atoms with E-state index in [2.05, 4.69) is 22.1 Å². The molecule has 3 aromatic rings. The summed E-state index contributed by atoms with van der Waals surface area (Å²) in [4.78, 5) is 31.6. The van der Waals surface area contributed by atoms with Gasteiger partial charge in [0.1, 0.15) is 17.2 Å². The monoisotopic (exact) mass is 636 g/mol. The Hall–Kier alpha value is -3.58. The van der Waals surface area contributed by atoms with E-state index in [-0.39, 0.29) is 35.5 Å². The molecule has 1 N–H and O–H groups in total. The predicted molar refractivity (Wildman–Crippen MR) is 171 cm³/mol. The molecule has 248 valence electrons. The summed E-state index contributed by atoms with van der Waals surface area (Å²) in [6, 6.07) is 1.41. The van der Waals surface area contributed by atoms with Gasteiger partial charge in [0.25, 0.3) is 0 Å². The van der Waals surface area contributed by atoms with E-state index in [1.54, 1.807) is 6.07 Å².